The summed E-state index contributed by atoms with van der Waals surface area (Å²) in [5.41, 5.74) is 5.54. The van der Waals surface area contributed by atoms with E-state index in [9.17, 15) is 17.2 Å². The third kappa shape index (κ3) is 6.09. The molecule has 0 aromatic rings. The Bertz CT molecular complexity index is 354. The highest BCUT2D eigenvalue weighted by Gasteiger charge is 2.27. The average molecular weight is 301 g/mol. The summed E-state index contributed by atoms with van der Waals surface area (Å²) in [5.74, 6) is 0.181. The van der Waals surface area contributed by atoms with Gasteiger partial charge < -0.3 is 10.5 Å². The molecule has 1 fully saturated rings. The van der Waals surface area contributed by atoms with Gasteiger partial charge in [-0.05, 0) is 25.3 Å². The SMILES string of the molecule is NCC1CCCN(S(=O)(=O)NCCOCC(F)F)C1. The molecule has 6 nitrogen and oxygen atoms in total. The summed E-state index contributed by atoms with van der Waals surface area (Å²) in [7, 11) is -3.57. The lowest BCUT2D eigenvalue weighted by Crippen LogP contribution is -2.47. The third-order valence-electron chi connectivity index (χ3n) is 2.93. The smallest absolute Gasteiger partial charge is 0.279 e. The molecule has 1 heterocycles. The molecule has 1 atom stereocenters. The first-order valence-electron chi connectivity index (χ1n) is 6.26. The largest absolute Gasteiger partial charge is 0.374 e. The van der Waals surface area contributed by atoms with Crippen LogP contribution >= 0.6 is 0 Å². The Kier molecular flexibility index (Phi) is 7.08. The third-order valence-corrected chi connectivity index (χ3v) is 4.51. The minimum atomic E-state index is -3.57. The highest BCUT2D eigenvalue weighted by atomic mass is 32.2. The van der Waals surface area contributed by atoms with Crippen LogP contribution in [0.1, 0.15) is 12.8 Å². The Morgan fingerprint density at radius 2 is 2.21 bits per heavy atom. The van der Waals surface area contributed by atoms with E-state index in [1.165, 1.54) is 4.31 Å². The van der Waals surface area contributed by atoms with Crippen molar-refractivity contribution in [1.82, 2.24) is 9.03 Å². The highest BCUT2D eigenvalue weighted by molar-refractivity contribution is 7.87. The van der Waals surface area contributed by atoms with E-state index in [4.69, 9.17) is 5.73 Å². The van der Waals surface area contributed by atoms with E-state index < -0.39 is 23.2 Å². The molecule has 1 aliphatic heterocycles. The second kappa shape index (κ2) is 8.05. The van der Waals surface area contributed by atoms with Crippen molar-refractivity contribution in [2.45, 2.75) is 19.3 Å². The standard InChI is InChI=1S/C10H21F2N3O3S/c11-10(12)8-18-5-3-14-19(16,17)15-4-1-2-9(6-13)7-15/h9-10,14H,1-8,13H2. The zero-order valence-electron chi connectivity index (χ0n) is 10.7. The van der Waals surface area contributed by atoms with Gasteiger partial charge in [-0.2, -0.15) is 17.4 Å². The normalized spacial score (nSPS) is 22.0. The fourth-order valence-corrected chi connectivity index (χ4v) is 3.24. The number of hydrogen-bond acceptors (Lipinski definition) is 4. The van der Waals surface area contributed by atoms with Crippen molar-refractivity contribution in [3.05, 3.63) is 0 Å². The van der Waals surface area contributed by atoms with Gasteiger partial charge in [0.1, 0.15) is 6.61 Å². The molecule has 0 bridgehead atoms. The lowest BCUT2D eigenvalue weighted by molar-refractivity contribution is 0.0198. The molecule has 9 heteroatoms. The summed E-state index contributed by atoms with van der Waals surface area (Å²) in [6, 6.07) is 0. The van der Waals surface area contributed by atoms with E-state index in [0.29, 0.717) is 19.6 Å². The van der Waals surface area contributed by atoms with Gasteiger partial charge in [-0.3, -0.25) is 0 Å². The van der Waals surface area contributed by atoms with Crippen LogP contribution in [0.5, 0.6) is 0 Å². The first-order chi connectivity index (χ1) is 8.95. The van der Waals surface area contributed by atoms with Gasteiger partial charge in [-0.15, -0.1) is 0 Å². The van der Waals surface area contributed by atoms with Crippen LogP contribution in [0.4, 0.5) is 8.78 Å². The minimum Gasteiger partial charge on any atom is -0.374 e. The van der Waals surface area contributed by atoms with Crippen molar-refractivity contribution in [2.24, 2.45) is 11.7 Å². The summed E-state index contributed by atoms with van der Waals surface area (Å²) < 4.78 is 55.7. The number of rotatable bonds is 8. The van der Waals surface area contributed by atoms with Crippen LogP contribution in [0.15, 0.2) is 0 Å². The monoisotopic (exact) mass is 301 g/mol. The summed E-state index contributed by atoms with van der Waals surface area (Å²) in [4.78, 5) is 0. The van der Waals surface area contributed by atoms with Gasteiger partial charge >= 0.3 is 0 Å². The second-order valence-corrected chi connectivity index (χ2v) is 6.22. The fraction of sp³-hybridized carbons (Fsp3) is 1.00. The summed E-state index contributed by atoms with van der Waals surface area (Å²) in [6.07, 6.45) is -0.825. The molecule has 19 heavy (non-hydrogen) atoms. The summed E-state index contributed by atoms with van der Waals surface area (Å²) in [6.45, 7) is 0.564. The van der Waals surface area contributed by atoms with E-state index in [1.807, 2.05) is 0 Å². The number of piperidine rings is 1. The van der Waals surface area contributed by atoms with Gasteiger partial charge in [0.2, 0.25) is 0 Å². The molecule has 3 N–H and O–H groups in total. The molecule has 114 valence electrons. The van der Waals surface area contributed by atoms with Gasteiger partial charge in [0.25, 0.3) is 16.6 Å². The Hall–Kier alpha value is -0.350. The zero-order valence-corrected chi connectivity index (χ0v) is 11.5. The molecule has 0 aromatic carbocycles. The van der Waals surface area contributed by atoms with Gasteiger partial charge in [0, 0.05) is 19.6 Å². The maximum absolute atomic E-state index is 11.9. The second-order valence-electron chi connectivity index (χ2n) is 4.47. The molecule has 1 rings (SSSR count). The predicted octanol–water partition coefficient (Wildman–Crippen LogP) is -0.227. The van der Waals surface area contributed by atoms with Crippen LogP contribution in [0.25, 0.3) is 0 Å². The maximum Gasteiger partial charge on any atom is 0.279 e. The molecular formula is C10H21F2N3O3S. The number of ether oxygens (including phenoxy) is 1. The average Bonchev–Trinajstić information content (AvgIpc) is 2.38. The number of nitrogens with two attached hydrogens (primary N) is 1. The Morgan fingerprint density at radius 1 is 1.47 bits per heavy atom. The first kappa shape index (κ1) is 16.7. The first-order valence-corrected chi connectivity index (χ1v) is 7.70. The van der Waals surface area contributed by atoms with Crippen molar-refractivity contribution in [3.8, 4) is 0 Å². The van der Waals surface area contributed by atoms with Crippen LogP contribution in [0.3, 0.4) is 0 Å². The number of nitrogens with zero attached hydrogens (tertiary/aromatic N) is 1. The molecule has 0 aliphatic carbocycles. The Morgan fingerprint density at radius 3 is 2.84 bits per heavy atom. The van der Waals surface area contributed by atoms with Crippen molar-refractivity contribution in [2.75, 3.05) is 39.4 Å². The van der Waals surface area contributed by atoms with Crippen LogP contribution in [0.2, 0.25) is 0 Å². The van der Waals surface area contributed by atoms with E-state index >= 15 is 0 Å². The van der Waals surface area contributed by atoms with Crippen molar-refractivity contribution >= 4 is 10.2 Å². The molecule has 0 radical (unpaired) electrons. The van der Waals surface area contributed by atoms with Crippen molar-refractivity contribution in [3.63, 3.8) is 0 Å². The summed E-state index contributed by atoms with van der Waals surface area (Å²) in [5, 5.41) is 0. The van der Waals surface area contributed by atoms with Crippen LogP contribution in [0, 0.1) is 5.92 Å². The van der Waals surface area contributed by atoms with Crippen LogP contribution < -0.4 is 10.5 Å². The van der Waals surface area contributed by atoms with Crippen LogP contribution in [-0.2, 0) is 14.9 Å². The maximum atomic E-state index is 11.9. The molecule has 0 saturated carbocycles. The van der Waals surface area contributed by atoms with Gasteiger partial charge in [-0.1, -0.05) is 0 Å². The molecule has 1 aliphatic rings. The molecular weight excluding hydrogens is 280 g/mol. The van der Waals surface area contributed by atoms with Crippen molar-refractivity contribution in [1.29, 1.82) is 0 Å². The zero-order chi connectivity index (χ0) is 14.3. The van der Waals surface area contributed by atoms with E-state index in [1.54, 1.807) is 0 Å². The number of halogens is 2. The van der Waals surface area contributed by atoms with E-state index in [2.05, 4.69) is 9.46 Å². The number of alkyl halides is 2. The highest BCUT2D eigenvalue weighted by Crippen LogP contribution is 2.17. The van der Waals surface area contributed by atoms with Crippen LogP contribution in [-0.4, -0.2) is 58.5 Å². The quantitative estimate of drug-likeness (QED) is 0.607. The molecule has 0 amide bonds. The molecule has 1 saturated heterocycles. The van der Waals surface area contributed by atoms with Gasteiger partial charge in [0.15, 0.2) is 0 Å². The molecule has 0 spiro atoms. The van der Waals surface area contributed by atoms with Crippen molar-refractivity contribution < 1.29 is 21.9 Å². The Balaban J connectivity index is 2.30. The predicted molar refractivity (Wildman–Crippen MR) is 67.1 cm³/mol. The molecule has 0 aromatic heterocycles. The Labute approximate surface area is 112 Å². The molecule has 1 unspecified atom stereocenters. The lowest BCUT2D eigenvalue weighted by atomic mass is 10.0. The lowest BCUT2D eigenvalue weighted by Gasteiger charge is -2.31. The van der Waals surface area contributed by atoms with Gasteiger partial charge in [0.05, 0.1) is 6.61 Å². The van der Waals surface area contributed by atoms with Gasteiger partial charge in [-0.25, -0.2) is 8.78 Å². The van der Waals surface area contributed by atoms with E-state index in [-0.39, 0.29) is 19.1 Å². The topological polar surface area (TPSA) is 84.7 Å². The number of hydrogen-bond donors (Lipinski definition) is 2. The fourth-order valence-electron chi connectivity index (χ4n) is 1.94. The minimum absolute atomic E-state index is 0.0150. The number of nitrogens with one attached hydrogen (secondary N) is 1. The van der Waals surface area contributed by atoms with E-state index in [0.717, 1.165) is 12.8 Å². The summed E-state index contributed by atoms with van der Waals surface area (Å²) >= 11 is 0.